The molecule has 2 heteroatoms. The Labute approximate surface area is 89.7 Å². The van der Waals surface area contributed by atoms with E-state index in [1.165, 1.54) is 5.56 Å². The molecule has 1 aromatic heterocycles. The largest absolute Gasteiger partial charge is 0.349 e. The fourth-order valence-electron chi connectivity index (χ4n) is 1.86. The summed E-state index contributed by atoms with van der Waals surface area (Å²) in [6, 6.07) is 8.58. The molecular weight excluding hydrogens is 184 g/mol. The van der Waals surface area contributed by atoms with E-state index in [-0.39, 0.29) is 0 Å². The van der Waals surface area contributed by atoms with Crippen LogP contribution in [0, 0.1) is 11.3 Å². The highest BCUT2D eigenvalue weighted by Gasteiger charge is 2.07. The van der Waals surface area contributed by atoms with Crippen molar-refractivity contribution in [2.24, 2.45) is 7.05 Å². The van der Waals surface area contributed by atoms with Crippen LogP contribution in [0.1, 0.15) is 30.9 Å². The van der Waals surface area contributed by atoms with E-state index >= 15 is 0 Å². The molecule has 0 aliphatic heterocycles. The van der Waals surface area contributed by atoms with E-state index in [9.17, 15) is 0 Å². The van der Waals surface area contributed by atoms with Crippen molar-refractivity contribution in [2.45, 2.75) is 19.8 Å². The number of fused-ring (bicyclic) bond motifs is 1. The Morgan fingerprint density at radius 1 is 1.33 bits per heavy atom. The third-order valence-corrected chi connectivity index (χ3v) is 2.80. The van der Waals surface area contributed by atoms with Gasteiger partial charge in [0, 0.05) is 24.1 Å². The molecule has 0 aliphatic rings. The first-order valence-corrected chi connectivity index (χ1v) is 5.12. The van der Waals surface area contributed by atoms with Crippen LogP contribution < -0.4 is 0 Å². The average molecular weight is 198 g/mol. The molecule has 0 N–H and O–H groups in total. The third kappa shape index (κ3) is 1.50. The molecule has 15 heavy (non-hydrogen) atoms. The van der Waals surface area contributed by atoms with E-state index in [2.05, 4.69) is 38.1 Å². The maximum absolute atomic E-state index is 9.02. The Hall–Kier alpha value is -1.75. The third-order valence-electron chi connectivity index (χ3n) is 2.80. The molecule has 0 unspecified atom stereocenters. The normalized spacial score (nSPS) is 10.9. The molecule has 0 atom stereocenters. The molecule has 0 radical (unpaired) electrons. The molecule has 0 spiro atoms. The zero-order chi connectivity index (χ0) is 11.0. The van der Waals surface area contributed by atoms with Gasteiger partial charge in [0.15, 0.2) is 0 Å². The Bertz CT molecular complexity index is 541. The van der Waals surface area contributed by atoms with E-state index in [1.807, 2.05) is 17.8 Å². The summed E-state index contributed by atoms with van der Waals surface area (Å²) < 4.78 is 2.00. The first-order chi connectivity index (χ1) is 7.13. The lowest BCUT2D eigenvalue weighted by Gasteiger charge is -2.05. The van der Waals surface area contributed by atoms with Crippen molar-refractivity contribution in [1.82, 2.24) is 4.57 Å². The van der Waals surface area contributed by atoms with Crippen LogP contribution in [0.25, 0.3) is 10.9 Å². The maximum Gasteiger partial charge on any atom is 0.101 e. The van der Waals surface area contributed by atoms with E-state index < -0.39 is 0 Å². The lowest BCUT2D eigenvalue weighted by molar-refractivity contribution is 0.868. The molecule has 0 amide bonds. The molecule has 76 valence electrons. The van der Waals surface area contributed by atoms with Gasteiger partial charge in [0.2, 0.25) is 0 Å². The second-order valence-corrected chi connectivity index (χ2v) is 4.20. The first kappa shape index (κ1) is 9.79. The van der Waals surface area contributed by atoms with E-state index in [0.29, 0.717) is 5.92 Å². The highest BCUT2D eigenvalue weighted by atomic mass is 14.9. The number of nitriles is 1. The zero-order valence-electron chi connectivity index (χ0n) is 9.28. The number of aromatic nitrogens is 1. The van der Waals surface area contributed by atoms with Gasteiger partial charge in [0.05, 0.1) is 5.56 Å². The van der Waals surface area contributed by atoms with Crippen molar-refractivity contribution in [1.29, 1.82) is 5.26 Å². The van der Waals surface area contributed by atoms with Crippen LogP contribution in [0.3, 0.4) is 0 Å². The number of hydrogen-bond donors (Lipinski definition) is 0. The average Bonchev–Trinajstić information content (AvgIpc) is 2.55. The highest BCUT2D eigenvalue weighted by molar-refractivity contribution is 5.87. The fraction of sp³-hybridized carbons (Fsp3) is 0.308. The predicted molar refractivity (Wildman–Crippen MR) is 61.7 cm³/mol. The number of hydrogen-bond acceptors (Lipinski definition) is 1. The maximum atomic E-state index is 9.02. The Balaban J connectivity index is 2.75. The monoisotopic (exact) mass is 198 g/mol. The second-order valence-electron chi connectivity index (χ2n) is 4.20. The van der Waals surface area contributed by atoms with Gasteiger partial charge >= 0.3 is 0 Å². The SMILES string of the molecule is CC(C)c1ccc2c(c1)c(C#N)cn2C. The smallest absolute Gasteiger partial charge is 0.101 e. The fourth-order valence-corrected chi connectivity index (χ4v) is 1.86. The lowest BCUT2D eigenvalue weighted by atomic mass is 10.0. The van der Waals surface area contributed by atoms with Gasteiger partial charge in [-0.05, 0) is 23.6 Å². The summed E-state index contributed by atoms with van der Waals surface area (Å²) in [7, 11) is 1.97. The van der Waals surface area contributed by atoms with Gasteiger partial charge in [0.1, 0.15) is 6.07 Å². The van der Waals surface area contributed by atoms with Gasteiger partial charge in [-0.1, -0.05) is 19.9 Å². The molecule has 0 aliphatic carbocycles. The van der Waals surface area contributed by atoms with Crippen LogP contribution in [0.2, 0.25) is 0 Å². The van der Waals surface area contributed by atoms with Gasteiger partial charge in [0.25, 0.3) is 0 Å². The molecule has 1 aromatic carbocycles. The molecule has 0 saturated heterocycles. The van der Waals surface area contributed by atoms with Gasteiger partial charge in [-0.25, -0.2) is 0 Å². The quantitative estimate of drug-likeness (QED) is 0.691. The predicted octanol–water partition coefficient (Wildman–Crippen LogP) is 3.17. The summed E-state index contributed by atoms with van der Waals surface area (Å²) in [6.07, 6.45) is 1.88. The van der Waals surface area contributed by atoms with Crippen LogP contribution in [0.5, 0.6) is 0 Å². The van der Waals surface area contributed by atoms with Crippen LogP contribution in [0.15, 0.2) is 24.4 Å². The molecule has 0 fully saturated rings. The van der Waals surface area contributed by atoms with Crippen LogP contribution >= 0.6 is 0 Å². The minimum absolute atomic E-state index is 0.501. The lowest BCUT2D eigenvalue weighted by Crippen LogP contribution is -1.88. The second kappa shape index (κ2) is 3.43. The highest BCUT2D eigenvalue weighted by Crippen LogP contribution is 2.24. The minimum Gasteiger partial charge on any atom is -0.349 e. The summed E-state index contributed by atoms with van der Waals surface area (Å²) in [5, 5.41) is 10.1. The van der Waals surface area contributed by atoms with Gasteiger partial charge < -0.3 is 4.57 Å². The summed E-state index contributed by atoms with van der Waals surface area (Å²) in [5.74, 6) is 0.501. The molecule has 2 aromatic rings. The number of nitrogens with zero attached hydrogens (tertiary/aromatic N) is 2. The van der Waals surface area contributed by atoms with Crippen molar-refractivity contribution in [3.05, 3.63) is 35.5 Å². The van der Waals surface area contributed by atoms with E-state index in [0.717, 1.165) is 16.5 Å². The Morgan fingerprint density at radius 2 is 2.07 bits per heavy atom. The molecular formula is C13H14N2. The molecule has 0 bridgehead atoms. The van der Waals surface area contributed by atoms with Crippen molar-refractivity contribution >= 4 is 10.9 Å². The number of rotatable bonds is 1. The van der Waals surface area contributed by atoms with Gasteiger partial charge in [-0.2, -0.15) is 5.26 Å². The summed E-state index contributed by atoms with van der Waals surface area (Å²) in [5.41, 5.74) is 3.16. The Kier molecular flexibility index (Phi) is 2.24. The van der Waals surface area contributed by atoms with Crippen LogP contribution in [0.4, 0.5) is 0 Å². The van der Waals surface area contributed by atoms with Crippen molar-refractivity contribution in [2.75, 3.05) is 0 Å². The molecule has 1 heterocycles. The van der Waals surface area contributed by atoms with E-state index in [1.54, 1.807) is 0 Å². The number of aryl methyl sites for hydroxylation is 1. The van der Waals surface area contributed by atoms with Crippen LogP contribution in [-0.4, -0.2) is 4.57 Å². The van der Waals surface area contributed by atoms with Gasteiger partial charge in [-0.3, -0.25) is 0 Å². The summed E-state index contributed by atoms with van der Waals surface area (Å²) in [6.45, 7) is 4.33. The summed E-state index contributed by atoms with van der Waals surface area (Å²) >= 11 is 0. The minimum atomic E-state index is 0.501. The topological polar surface area (TPSA) is 28.7 Å². The summed E-state index contributed by atoms with van der Waals surface area (Å²) in [4.78, 5) is 0. The number of benzene rings is 1. The van der Waals surface area contributed by atoms with Gasteiger partial charge in [-0.15, -0.1) is 0 Å². The molecule has 0 saturated carbocycles. The standard InChI is InChI=1S/C13H14N2/c1-9(2)10-4-5-13-12(6-10)11(7-14)8-15(13)3/h4-6,8-9H,1-3H3. The molecule has 2 rings (SSSR count). The molecule has 2 nitrogen and oxygen atoms in total. The van der Waals surface area contributed by atoms with Crippen molar-refractivity contribution < 1.29 is 0 Å². The van der Waals surface area contributed by atoms with Crippen molar-refractivity contribution in [3.63, 3.8) is 0 Å². The zero-order valence-corrected chi connectivity index (χ0v) is 9.28. The van der Waals surface area contributed by atoms with Crippen LogP contribution in [-0.2, 0) is 7.05 Å². The first-order valence-electron chi connectivity index (χ1n) is 5.12. The Morgan fingerprint density at radius 3 is 2.67 bits per heavy atom. The van der Waals surface area contributed by atoms with Crippen molar-refractivity contribution in [3.8, 4) is 6.07 Å². The van der Waals surface area contributed by atoms with E-state index in [4.69, 9.17) is 5.26 Å².